The van der Waals surface area contributed by atoms with Crippen LogP contribution < -0.4 is 5.32 Å². The topological polar surface area (TPSA) is 12.0 Å². The summed E-state index contributed by atoms with van der Waals surface area (Å²) in [5.41, 5.74) is 2.85. The summed E-state index contributed by atoms with van der Waals surface area (Å²) in [6, 6.07) is 9.58. The maximum atomic E-state index is 3.66. The van der Waals surface area contributed by atoms with E-state index >= 15 is 0 Å². The van der Waals surface area contributed by atoms with Gasteiger partial charge in [0.25, 0.3) is 0 Å². The summed E-state index contributed by atoms with van der Waals surface area (Å²) in [4.78, 5) is 0. The van der Waals surface area contributed by atoms with Gasteiger partial charge in [0.1, 0.15) is 0 Å². The second-order valence-electron chi connectivity index (χ2n) is 6.15. The van der Waals surface area contributed by atoms with E-state index in [4.69, 9.17) is 0 Å². The van der Waals surface area contributed by atoms with Gasteiger partial charge in [0.15, 0.2) is 0 Å². The zero-order valence-corrected chi connectivity index (χ0v) is 13.4. The van der Waals surface area contributed by atoms with Gasteiger partial charge in [-0.25, -0.2) is 0 Å². The van der Waals surface area contributed by atoms with Gasteiger partial charge in [0.2, 0.25) is 0 Å². The standard InChI is InChI=1S/C18H31N/c1-6-16(7-2)13-19-15(5)18-10-8-17(9-11-18)12-14(3)4/h8-11,14-16,19H,6-7,12-13H2,1-5H3. The second-order valence-corrected chi connectivity index (χ2v) is 6.15. The van der Waals surface area contributed by atoms with Gasteiger partial charge < -0.3 is 5.32 Å². The first-order valence-corrected chi connectivity index (χ1v) is 7.89. The highest BCUT2D eigenvalue weighted by molar-refractivity contribution is 5.25. The van der Waals surface area contributed by atoms with Gasteiger partial charge in [-0.1, -0.05) is 64.8 Å². The number of hydrogen-bond acceptors (Lipinski definition) is 1. The molecule has 1 heteroatoms. The highest BCUT2D eigenvalue weighted by Crippen LogP contribution is 2.16. The van der Waals surface area contributed by atoms with Crippen LogP contribution in [0.3, 0.4) is 0 Å². The fourth-order valence-corrected chi connectivity index (χ4v) is 2.45. The highest BCUT2D eigenvalue weighted by Gasteiger charge is 2.08. The zero-order chi connectivity index (χ0) is 14.3. The molecule has 0 heterocycles. The highest BCUT2D eigenvalue weighted by atomic mass is 14.9. The van der Waals surface area contributed by atoms with Gasteiger partial charge in [-0.05, 0) is 42.9 Å². The normalized spacial score (nSPS) is 13.2. The quantitative estimate of drug-likeness (QED) is 0.696. The van der Waals surface area contributed by atoms with Gasteiger partial charge in [-0.15, -0.1) is 0 Å². The Balaban J connectivity index is 2.50. The van der Waals surface area contributed by atoms with Crippen LogP contribution in [0.2, 0.25) is 0 Å². The summed E-state index contributed by atoms with van der Waals surface area (Å²) < 4.78 is 0. The third-order valence-electron chi connectivity index (χ3n) is 3.99. The minimum absolute atomic E-state index is 0.452. The molecule has 1 nitrogen and oxygen atoms in total. The largest absolute Gasteiger partial charge is 0.310 e. The molecule has 0 saturated heterocycles. The Morgan fingerprint density at radius 3 is 2.00 bits per heavy atom. The van der Waals surface area contributed by atoms with Crippen molar-refractivity contribution in [3.8, 4) is 0 Å². The lowest BCUT2D eigenvalue weighted by atomic mass is 9.99. The molecule has 19 heavy (non-hydrogen) atoms. The number of hydrogen-bond donors (Lipinski definition) is 1. The van der Waals surface area contributed by atoms with Crippen LogP contribution >= 0.6 is 0 Å². The average Bonchev–Trinajstić information content (AvgIpc) is 2.39. The molecule has 0 bridgehead atoms. The van der Waals surface area contributed by atoms with Crippen LogP contribution in [0.15, 0.2) is 24.3 Å². The predicted octanol–water partition coefficient (Wildman–Crippen LogP) is 4.97. The Morgan fingerprint density at radius 2 is 1.53 bits per heavy atom. The van der Waals surface area contributed by atoms with Crippen LogP contribution in [0.25, 0.3) is 0 Å². The molecule has 1 atom stereocenters. The van der Waals surface area contributed by atoms with Crippen molar-refractivity contribution in [2.75, 3.05) is 6.54 Å². The summed E-state index contributed by atoms with van der Waals surface area (Å²) in [6.45, 7) is 12.5. The molecule has 0 aliphatic rings. The Hall–Kier alpha value is -0.820. The SMILES string of the molecule is CCC(CC)CNC(C)c1ccc(CC(C)C)cc1. The van der Waals surface area contributed by atoms with Crippen LogP contribution in [-0.2, 0) is 6.42 Å². The summed E-state index contributed by atoms with van der Waals surface area (Å²) in [7, 11) is 0. The van der Waals surface area contributed by atoms with E-state index in [9.17, 15) is 0 Å². The molecule has 108 valence electrons. The van der Waals surface area contributed by atoms with E-state index in [1.54, 1.807) is 0 Å². The van der Waals surface area contributed by atoms with Crippen molar-refractivity contribution in [3.63, 3.8) is 0 Å². The first-order valence-electron chi connectivity index (χ1n) is 7.89. The number of benzene rings is 1. The summed E-state index contributed by atoms with van der Waals surface area (Å²) in [5.74, 6) is 1.54. The van der Waals surface area contributed by atoms with Crippen molar-refractivity contribution in [3.05, 3.63) is 35.4 Å². The molecule has 0 fully saturated rings. The molecule has 0 aromatic heterocycles. The molecule has 0 amide bonds. The van der Waals surface area contributed by atoms with Crippen molar-refractivity contribution in [2.45, 2.75) is 59.9 Å². The fraction of sp³-hybridized carbons (Fsp3) is 0.667. The van der Waals surface area contributed by atoms with E-state index in [2.05, 4.69) is 64.2 Å². The Labute approximate surface area is 119 Å². The number of rotatable bonds is 8. The monoisotopic (exact) mass is 261 g/mol. The van der Waals surface area contributed by atoms with Crippen molar-refractivity contribution in [2.24, 2.45) is 11.8 Å². The minimum Gasteiger partial charge on any atom is -0.310 e. The molecule has 0 aliphatic heterocycles. The van der Waals surface area contributed by atoms with E-state index in [0.717, 1.165) is 18.4 Å². The van der Waals surface area contributed by atoms with E-state index < -0.39 is 0 Å². The third kappa shape index (κ3) is 5.78. The van der Waals surface area contributed by atoms with Crippen LogP contribution in [0.4, 0.5) is 0 Å². The molecule has 1 aromatic rings. The molecule has 1 rings (SSSR count). The molecule has 1 aromatic carbocycles. The van der Waals surface area contributed by atoms with Crippen molar-refractivity contribution in [1.82, 2.24) is 5.32 Å². The Bertz CT molecular complexity index is 335. The van der Waals surface area contributed by atoms with Crippen molar-refractivity contribution >= 4 is 0 Å². The Morgan fingerprint density at radius 1 is 0.947 bits per heavy atom. The van der Waals surface area contributed by atoms with Gasteiger partial charge in [0, 0.05) is 6.04 Å². The molecule has 0 saturated carbocycles. The lowest BCUT2D eigenvalue weighted by Gasteiger charge is -2.19. The summed E-state index contributed by atoms with van der Waals surface area (Å²) in [6.07, 6.45) is 3.71. The zero-order valence-electron chi connectivity index (χ0n) is 13.4. The molecule has 1 unspecified atom stereocenters. The average molecular weight is 261 g/mol. The molecule has 0 radical (unpaired) electrons. The third-order valence-corrected chi connectivity index (χ3v) is 3.99. The van der Waals surface area contributed by atoms with Crippen molar-refractivity contribution < 1.29 is 0 Å². The van der Waals surface area contributed by atoms with E-state index in [1.807, 2.05) is 0 Å². The van der Waals surface area contributed by atoms with Crippen LogP contribution in [0.5, 0.6) is 0 Å². The van der Waals surface area contributed by atoms with Crippen LogP contribution in [-0.4, -0.2) is 6.54 Å². The smallest absolute Gasteiger partial charge is 0.0291 e. The summed E-state index contributed by atoms with van der Waals surface area (Å²) >= 11 is 0. The first kappa shape index (κ1) is 16.2. The summed E-state index contributed by atoms with van der Waals surface area (Å²) in [5, 5.41) is 3.66. The van der Waals surface area contributed by atoms with Gasteiger partial charge in [-0.2, -0.15) is 0 Å². The fourth-order valence-electron chi connectivity index (χ4n) is 2.45. The van der Waals surface area contributed by atoms with Gasteiger partial charge >= 0.3 is 0 Å². The van der Waals surface area contributed by atoms with E-state index in [-0.39, 0.29) is 0 Å². The molecule has 1 N–H and O–H groups in total. The predicted molar refractivity (Wildman–Crippen MR) is 85.5 cm³/mol. The molecule has 0 spiro atoms. The first-order chi connectivity index (χ1) is 9.06. The van der Waals surface area contributed by atoms with E-state index in [1.165, 1.54) is 30.4 Å². The lowest BCUT2D eigenvalue weighted by molar-refractivity contribution is 0.422. The van der Waals surface area contributed by atoms with Gasteiger partial charge in [0.05, 0.1) is 0 Å². The second kappa shape index (κ2) is 8.37. The molecule has 0 aliphatic carbocycles. The lowest BCUT2D eigenvalue weighted by Crippen LogP contribution is -2.25. The van der Waals surface area contributed by atoms with Crippen molar-refractivity contribution in [1.29, 1.82) is 0 Å². The Kier molecular flexibility index (Phi) is 7.15. The maximum Gasteiger partial charge on any atom is 0.0291 e. The van der Waals surface area contributed by atoms with Gasteiger partial charge in [-0.3, -0.25) is 0 Å². The number of nitrogens with one attached hydrogen (secondary N) is 1. The van der Waals surface area contributed by atoms with E-state index in [0.29, 0.717) is 6.04 Å². The van der Waals surface area contributed by atoms with Crippen LogP contribution in [0.1, 0.15) is 64.6 Å². The molecular weight excluding hydrogens is 230 g/mol. The minimum atomic E-state index is 0.452. The van der Waals surface area contributed by atoms with Crippen LogP contribution in [0, 0.1) is 11.8 Å². The molecular formula is C18H31N. The maximum absolute atomic E-state index is 3.66.